The minimum absolute atomic E-state index is 0. The molecule has 2 rings (SSSR count). The first-order valence-electron chi connectivity index (χ1n) is 8.96. The van der Waals surface area contributed by atoms with Crippen LogP contribution in [0.1, 0.15) is 64.0 Å². The van der Waals surface area contributed by atoms with Crippen molar-refractivity contribution in [2.75, 3.05) is 13.7 Å². The van der Waals surface area contributed by atoms with Gasteiger partial charge in [0.05, 0.1) is 18.4 Å². The summed E-state index contributed by atoms with van der Waals surface area (Å²) in [5.41, 5.74) is 0.455. The average molecular weight is 411 g/mol. The van der Waals surface area contributed by atoms with Crippen LogP contribution in [-0.2, 0) is 4.74 Å². The summed E-state index contributed by atoms with van der Waals surface area (Å²) in [5.74, 6) is 0.354. The number of aromatic nitrogens is 1. The van der Waals surface area contributed by atoms with E-state index >= 15 is 0 Å². The number of methoxy groups -OCH3 is 1. The van der Waals surface area contributed by atoms with Crippen LogP contribution in [0.15, 0.2) is 18.5 Å². The van der Waals surface area contributed by atoms with E-state index in [-0.39, 0.29) is 30.4 Å². The Kier molecular flexibility index (Phi) is 11.9. The number of rotatable bonds is 8. The highest BCUT2D eigenvalue weighted by atomic mass is 35.5. The van der Waals surface area contributed by atoms with Crippen LogP contribution in [0.25, 0.3) is 0 Å². The number of β-amino-alcohol motifs (C(OH)–C–C–N with tert-alkyl or cyclic N) is 1. The second kappa shape index (κ2) is 12.1. The molecule has 4 nitrogen and oxygen atoms in total. The van der Waals surface area contributed by atoms with Gasteiger partial charge in [0.2, 0.25) is 0 Å². The highest BCUT2D eigenvalue weighted by Gasteiger charge is 2.24. The third kappa shape index (κ3) is 8.49. The maximum atomic E-state index is 13.2. The summed E-state index contributed by atoms with van der Waals surface area (Å²) < 4.78 is 18.6. The molecule has 0 aromatic carbocycles. The number of nitrogens with one attached hydrogen (secondary N) is 1. The van der Waals surface area contributed by atoms with Gasteiger partial charge in [0.15, 0.2) is 0 Å². The van der Waals surface area contributed by atoms with Crippen molar-refractivity contribution in [1.82, 2.24) is 10.3 Å². The largest absolute Gasteiger partial charge is 0.387 e. The van der Waals surface area contributed by atoms with Crippen molar-refractivity contribution in [3.8, 4) is 0 Å². The standard InChI is InChI=1S/C19H31FN2O2.2ClH/c1-19(2,9-8-14-4-6-17(24-3)7-5-14)22-13-18(23)15-10-16(20)12-21-11-15;;/h10-12,14,17-18,22-23H,4-9,13H2,1-3H3;2*1H/t14?,17?,18-;;/m0../s1. The molecule has 0 spiro atoms. The second-order valence-electron chi connectivity index (χ2n) is 7.63. The summed E-state index contributed by atoms with van der Waals surface area (Å²) in [7, 11) is 1.80. The highest BCUT2D eigenvalue weighted by Crippen LogP contribution is 2.31. The smallest absolute Gasteiger partial charge is 0.141 e. The average Bonchev–Trinajstić information content (AvgIpc) is 2.58. The number of hydrogen-bond donors (Lipinski definition) is 2. The Balaban J connectivity index is 0.00000312. The fourth-order valence-electron chi connectivity index (χ4n) is 3.41. The van der Waals surface area contributed by atoms with Crippen molar-refractivity contribution in [3.63, 3.8) is 0 Å². The molecule has 1 aliphatic rings. The maximum absolute atomic E-state index is 13.2. The first-order chi connectivity index (χ1) is 11.4. The van der Waals surface area contributed by atoms with Gasteiger partial charge in [-0.05, 0) is 64.4 Å². The van der Waals surface area contributed by atoms with E-state index in [1.54, 1.807) is 7.11 Å². The lowest BCUT2D eigenvalue weighted by molar-refractivity contribution is 0.0539. The van der Waals surface area contributed by atoms with Gasteiger partial charge in [-0.3, -0.25) is 4.98 Å². The van der Waals surface area contributed by atoms with Crippen molar-refractivity contribution in [2.45, 2.75) is 70.1 Å². The predicted octanol–water partition coefficient (Wildman–Crippen LogP) is 4.45. The molecule has 1 fully saturated rings. The molecule has 0 aliphatic heterocycles. The van der Waals surface area contributed by atoms with Crippen molar-refractivity contribution in [2.24, 2.45) is 5.92 Å². The quantitative estimate of drug-likeness (QED) is 0.664. The van der Waals surface area contributed by atoms with E-state index < -0.39 is 11.9 Å². The number of pyridine rings is 1. The lowest BCUT2D eigenvalue weighted by Crippen LogP contribution is -2.42. The number of aliphatic hydroxyl groups excluding tert-OH is 1. The molecule has 1 aromatic rings. The fourth-order valence-corrected chi connectivity index (χ4v) is 3.41. The molecule has 1 aromatic heterocycles. The summed E-state index contributed by atoms with van der Waals surface area (Å²) in [4.78, 5) is 3.79. The second-order valence-corrected chi connectivity index (χ2v) is 7.63. The molecule has 0 unspecified atom stereocenters. The predicted molar refractivity (Wildman–Crippen MR) is 108 cm³/mol. The Labute approximate surface area is 169 Å². The molecule has 0 bridgehead atoms. The molecule has 0 amide bonds. The number of hydrogen-bond acceptors (Lipinski definition) is 4. The number of nitrogens with zero attached hydrogens (tertiary/aromatic N) is 1. The molecule has 7 heteroatoms. The van der Waals surface area contributed by atoms with Crippen LogP contribution in [0, 0.1) is 11.7 Å². The first kappa shape index (κ1) is 25.5. The molecule has 26 heavy (non-hydrogen) atoms. The maximum Gasteiger partial charge on any atom is 0.141 e. The van der Waals surface area contributed by atoms with Gasteiger partial charge in [0.25, 0.3) is 0 Å². The van der Waals surface area contributed by atoms with E-state index in [4.69, 9.17) is 4.74 Å². The summed E-state index contributed by atoms with van der Waals surface area (Å²) in [6.07, 6.45) is 9.42. The van der Waals surface area contributed by atoms with Gasteiger partial charge in [-0.1, -0.05) is 0 Å². The van der Waals surface area contributed by atoms with Gasteiger partial charge < -0.3 is 15.2 Å². The van der Waals surface area contributed by atoms with E-state index in [1.807, 2.05) is 0 Å². The van der Waals surface area contributed by atoms with Gasteiger partial charge in [-0.2, -0.15) is 0 Å². The third-order valence-electron chi connectivity index (χ3n) is 5.19. The lowest BCUT2D eigenvalue weighted by atomic mass is 9.82. The van der Waals surface area contributed by atoms with Gasteiger partial charge in [-0.15, -0.1) is 24.8 Å². The first-order valence-corrected chi connectivity index (χ1v) is 8.96. The normalized spacial score (nSPS) is 21.4. The number of ether oxygens (including phenoxy) is 1. The van der Waals surface area contributed by atoms with Gasteiger partial charge in [0.1, 0.15) is 5.82 Å². The molecule has 1 aliphatic carbocycles. The van der Waals surface area contributed by atoms with Crippen LogP contribution < -0.4 is 5.32 Å². The molecule has 0 saturated heterocycles. The van der Waals surface area contributed by atoms with Gasteiger partial charge >= 0.3 is 0 Å². The van der Waals surface area contributed by atoms with Crippen LogP contribution in [0.5, 0.6) is 0 Å². The molecular formula is C19H33Cl2FN2O2. The van der Waals surface area contributed by atoms with Crippen LogP contribution >= 0.6 is 24.8 Å². The van der Waals surface area contributed by atoms with Crippen molar-refractivity contribution in [3.05, 3.63) is 29.8 Å². The van der Waals surface area contributed by atoms with E-state index in [0.29, 0.717) is 18.2 Å². The monoisotopic (exact) mass is 410 g/mol. The third-order valence-corrected chi connectivity index (χ3v) is 5.19. The highest BCUT2D eigenvalue weighted by molar-refractivity contribution is 5.85. The Bertz CT molecular complexity index is 512. The van der Waals surface area contributed by atoms with E-state index in [9.17, 15) is 9.50 Å². The van der Waals surface area contributed by atoms with E-state index in [1.165, 1.54) is 44.4 Å². The number of aliphatic hydroxyl groups is 1. The molecule has 1 saturated carbocycles. The van der Waals surface area contributed by atoms with Crippen LogP contribution in [0.4, 0.5) is 4.39 Å². The van der Waals surface area contributed by atoms with E-state index in [2.05, 4.69) is 24.1 Å². The van der Waals surface area contributed by atoms with Gasteiger partial charge in [0, 0.05) is 31.0 Å². The fraction of sp³-hybridized carbons (Fsp3) is 0.737. The summed E-state index contributed by atoms with van der Waals surface area (Å²) in [6, 6.07) is 1.33. The van der Waals surface area contributed by atoms with Crippen LogP contribution in [0.2, 0.25) is 0 Å². The van der Waals surface area contributed by atoms with E-state index in [0.717, 1.165) is 18.5 Å². The SMILES string of the molecule is COC1CCC(CCC(C)(C)NC[C@H](O)c2cncc(F)c2)CC1.Cl.Cl. The molecular weight excluding hydrogens is 378 g/mol. The summed E-state index contributed by atoms with van der Waals surface area (Å²) in [6.45, 7) is 4.71. The topological polar surface area (TPSA) is 54.4 Å². The lowest BCUT2D eigenvalue weighted by Gasteiger charge is -2.32. The van der Waals surface area contributed by atoms with Crippen LogP contribution in [0.3, 0.4) is 0 Å². The minimum Gasteiger partial charge on any atom is -0.387 e. The summed E-state index contributed by atoms with van der Waals surface area (Å²) >= 11 is 0. The molecule has 1 atom stereocenters. The zero-order chi connectivity index (χ0) is 17.6. The van der Waals surface area contributed by atoms with Crippen molar-refractivity contribution >= 4 is 24.8 Å². The van der Waals surface area contributed by atoms with Crippen LogP contribution in [-0.4, -0.2) is 35.4 Å². The Hall–Kier alpha value is -0.460. The molecule has 2 N–H and O–H groups in total. The Morgan fingerprint density at radius 3 is 2.50 bits per heavy atom. The van der Waals surface area contributed by atoms with Gasteiger partial charge in [-0.25, -0.2) is 4.39 Å². The minimum atomic E-state index is -0.746. The van der Waals surface area contributed by atoms with Crippen molar-refractivity contribution in [1.29, 1.82) is 0 Å². The summed E-state index contributed by atoms with van der Waals surface area (Å²) in [5, 5.41) is 13.6. The Morgan fingerprint density at radius 1 is 1.27 bits per heavy atom. The number of halogens is 3. The zero-order valence-electron chi connectivity index (χ0n) is 15.9. The Morgan fingerprint density at radius 2 is 1.92 bits per heavy atom. The molecule has 152 valence electrons. The van der Waals surface area contributed by atoms with Crippen molar-refractivity contribution < 1.29 is 14.2 Å². The molecule has 1 heterocycles. The molecule has 0 radical (unpaired) electrons. The zero-order valence-corrected chi connectivity index (χ0v) is 17.5.